The molecule has 0 spiro atoms. The fraction of sp³-hybridized carbons (Fsp3) is 0.641. The molecule has 7 amide bonds. The number of hydrogen-bond donors (Lipinski definition) is 10. The average molecular weight is 820 g/mol. The van der Waals surface area contributed by atoms with Crippen LogP contribution in [-0.4, -0.2) is 119 Å². The molecular weight excluding hydrogens is 754 g/mol. The number of phenolic OH excluding ortho intramolecular Hbond substituents is 1. The van der Waals surface area contributed by atoms with E-state index in [1.165, 1.54) is 36.2 Å². The SMILES string of the molecule is CCCC[C@H](NC(=O)[C@H](CC(C)C)N(C)C(=O)CNC(=O)[C@@H](NC(=O)[C@H](Cc1ccc(O)cc1)NC(=O)[C@H](CCCCN)NC(=O)[C@@H](N)CC(=O)O)C(C)C)C(N)=O. The van der Waals surface area contributed by atoms with Crippen molar-refractivity contribution in [2.45, 2.75) is 129 Å². The van der Waals surface area contributed by atoms with Crippen LogP contribution in [0.1, 0.15) is 91.5 Å². The summed E-state index contributed by atoms with van der Waals surface area (Å²) in [6, 6.07) is -1.23. The summed E-state index contributed by atoms with van der Waals surface area (Å²) in [4.78, 5) is 105. The quantitative estimate of drug-likeness (QED) is 0.0485. The van der Waals surface area contributed by atoms with Gasteiger partial charge in [-0.05, 0) is 68.2 Å². The number of carbonyl (C=O) groups excluding carboxylic acids is 7. The van der Waals surface area contributed by atoms with Gasteiger partial charge in [-0.15, -0.1) is 0 Å². The number of aliphatic carboxylic acids is 1. The molecule has 19 nitrogen and oxygen atoms in total. The number of nitrogens with one attached hydrogen (secondary N) is 5. The van der Waals surface area contributed by atoms with Gasteiger partial charge in [-0.1, -0.05) is 59.6 Å². The topological polar surface area (TPSA) is 318 Å². The predicted molar refractivity (Wildman–Crippen MR) is 215 cm³/mol. The molecule has 0 aliphatic heterocycles. The third kappa shape index (κ3) is 18.3. The molecule has 58 heavy (non-hydrogen) atoms. The number of carboxylic acid groups (broad SMARTS) is 1. The van der Waals surface area contributed by atoms with E-state index >= 15 is 0 Å². The number of carboxylic acids is 1. The van der Waals surface area contributed by atoms with E-state index in [4.69, 9.17) is 22.3 Å². The molecule has 0 aliphatic carbocycles. The van der Waals surface area contributed by atoms with Gasteiger partial charge < -0.3 is 58.9 Å². The second-order valence-corrected chi connectivity index (χ2v) is 15.2. The highest BCUT2D eigenvalue weighted by molar-refractivity contribution is 5.97. The first-order chi connectivity index (χ1) is 27.2. The highest BCUT2D eigenvalue weighted by Gasteiger charge is 2.34. The minimum atomic E-state index is -1.45. The highest BCUT2D eigenvalue weighted by atomic mass is 16.4. The van der Waals surface area contributed by atoms with Crippen molar-refractivity contribution in [3.8, 4) is 5.75 Å². The highest BCUT2D eigenvalue weighted by Crippen LogP contribution is 2.15. The number of likely N-dealkylation sites (N-methyl/N-ethyl adjacent to an activating group) is 1. The molecule has 0 saturated heterocycles. The van der Waals surface area contributed by atoms with Gasteiger partial charge in [-0.2, -0.15) is 0 Å². The van der Waals surface area contributed by atoms with Crippen molar-refractivity contribution in [1.29, 1.82) is 0 Å². The van der Waals surface area contributed by atoms with Crippen LogP contribution in [0.25, 0.3) is 0 Å². The van der Waals surface area contributed by atoms with Crippen molar-refractivity contribution in [2.75, 3.05) is 20.1 Å². The van der Waals surface area contributed by atoms with Crippen LogP contribution >= 0.6 is 0 Å². The zero-order valence-electron chi connectivity index (χ0n) is 34.5. The molecule has 0 heterocycles. The number of primary amides is 1. The van der Waals surface area contributed by atoms with Crippen molar-refractivity contribution in [1.82, 2.24) is 31.5 Å². The van der Waals surface area contributed by atoms with Crippen molar-refractivity contribution >= 4 is 47.3 Å². The molecule has 0 radical (unpaired) electrons. The van der Waals surface area contributed by atoms with E-state index < -0.39 is 102 Å². The number of rotatable bonds is 27. The third-order valence-corrected chi connectivity index (χ3v) is 9.35. The number of aromatic hydroxyl groups is 1. The van der Waals surface area contributed by atoms with E-state index in [0.717, 1.165) is 6.42 Å². The Hall–Kier alpha value is -5.30. The van der Waals surface area contributed by atoms with Crippen LogP contribution in [0.3, 0.4) is 0 Å². The molecular formula is C39H65N9O10. The Balaban J connectivity index is 3.26. The monoisotopic (exact) mass is 819 g/mol. The summed E-state index contributed by atoms with van der Waals surface area (Å²) in [5.41, 5.74) is 17.4. The number of unbranched alkanes of at least 4 members (excludes halogenated alkanes) is 2. The van der Waals surface area contributed by atoms with E-state index in [-0.39, 0.29) is 30.9 Å². The Morgan fingerprint density at radius 2 is 1.33 bits per heavy atom. The van der Waals surface area contributed by atoms with Crippen molar-refractivity contribution in [3.05, 3.63) is 29.8 Å². The van der Waals surface area contributed by atoms with E-state index in [1.54, 1.807) is 13.8 Å². The number of carbonyl (C=O) groups is 8. The van der Waals surface area contributed by atoms with E-state index in [1.807, 2.05) is 20.8 Å². The summed E-state index contributed by atoms with van der Waals surface area (Å²) < 4.78 is 0. The second-order valence-electron chi connectivity index (χ2n) is 15.2. The summed E-state index contributed by atoms with van der Waals surface area (Å²) >= 11 is 0. The maximum atomic E-state index is 13.9. The van der Waals surface area contributed by atoms with Gasteiger partial charge in [0.25, 0.3) is 0 Å². The van der Waals surface area contributed by atoms with Crippen LogP contribution in [0, 0.1) is 11.8 Å². The maximum absolute atomic E-state index is 13.9. The molecule has 0 bridgehead atoms. The molecule has 0 aliphatic rings. The molecule has 13 N–H and O–H groups in total. The molecule has 0 fully saturated rings. The van der Waals surface area contributed by atoms with Crippen LogP contribution in [-0.2, 0) is 44.8 Å². The number of nitrogens with zero attached hydrogens (tertiary/aromatic N) is 1. The number of phenols is 1. The first kappa shape index (κ1) is 50.7. The van der Waals surface area contributed by atoms with Crippen LogP contribution in [0.5, 0.6) is 5.75 Å². The lowest BCUT2D eigenvalue weighted by molar-refractivity contribution is -0.141. The minimum absolute atomic E-state index is 0.0224. The second kappa shape index (κ2) is 25.9. The summed E-state index contributed by atoms with van der Waals surface area (Å²) in [6.07, 6.45) is 2.24. The van der Waals surface area contributed by atoms with Gasteiger partial charge >= 0.3 is 5.97 Å². The van der Waals surface area contributed by atoms with Crippen LogP contribution in [0.15, 0.2) is 24.3 Å². The lowest BCUT2D eigenvalue weighted by atomic mass is 10.00. The summed E-state index contributed by atoms with van der Waals surface area (Å²) in [5, 5.41) is 31.8. The first-order valence-corrected chi connectivity index (χ1v) is 19.7. The molecule has 0 aromatic heterocycles. The fourth-order valence-corrected chi connectivity index (χ4v) is 5.88. The third-order valence-electron chi connectivity index (χ3n) is 9.35. The standard InChI is InChI=1S/C39H65N9O10/c1-7-8-11-27(34(42)53)44-38(57)30(18-22(2)3)48(6)31(50)21-43-39(58)33(23(4)5)47-37(56)29(19-24-13-15-25(49)16-14-24)46-36(55)28(12-9-10-17-40)45-35(54)26(41)20-32(51)52/h13-16,22-23,26-30,33,49H,7-12,17-21,40-41H2,1-6H3,(H2,42,53)(H,43,58)(H,44,57)(H,45,54)(H,46,55)(H,47,56)(H,51,52)/t26-,27-,28-,29-,30-,33-/m0/s1. The Morgan fingerprint density at radius 3 is 1.86 bits per heavy atom. The Labute approximate surface area is 340 Å². The zero-order chi connectivity index (χ0) is 44.1. The molecule has 0 unspecified atom stereocenters. The zero-order valence-corrected chi connectivity index (χ0v) is 34.5. The maximum Gasteiger partial charge on any atom is 0.305 e. The van der Waals surface area contributed by atoms with E-state index in [9.17, 15) is 43.5 Å². The van der Waals surface area contributed by atoms with Gasteiger partial charge in [0.1, 0.15) is 36.0 Å². The van der Waals surface area contributed by atoms with Gasteiger partial charge in [0.15, 0.2) is 0 Å². The molecule has 1 aromatic rings. The molecule has 0 saturated carbocycles. The van der Waals surface area contributed by atoms with Crippen LogP contribution in [0.2, 0.25) is 0 Å². The minimum Gasteiger partial charge on any atom is -0.508 e. The number of nitrogens with two attached hydrogens (primary N) is 3. The van der Waals surface area contributed by atoms with Crippen molar-refractivity contribution < 1.29 is 48.6 Å². The van der Waals surface area contributed by atoms with Crippen LogP contribution in [0.4, 0.5) is 0 Å². The smallest absolute Gasteiger partial charge is 0.305 e. The Bertz CT molecular complexity index is 1540. The Kier molecular flexibility index (Phi) is 22.6. The predicted octanol–water partition coefficient (Wildman–Crippen LogP) is -0.874. The average Bonchev–Trinajstić information content (AvgIpc) is 3.15. The number of benzene rings is 1. The fourth-order valence-electron chi connectivity index (χ4n) is 5.88. The molecule has 326 valence electrons. The number of amides is 7. The van der Waals surface area contributed by atoms with Gasteiger partial charge in [-0.3, -0.25) is 38.4 Å². The largest absolute Gasteiger partial charge is 0.508 e. The summed E-state index contributed by atoms with van der Waals surface area (Å²) in [7, 11) is 1.41. The van der Waals surface area contributed by atoms with E-state index in [2.05, 4.69) is 26.6 Å². The first-order valence-electron chi connectivity index (χ1n) is 19.7. The molecule has 1 aromatic carbocycles. The van der Waals surface area contributed by atoms with Crippen molar-refractivity contribution in [2.24, 2.45) is 29.0 Å². The summed E-state index contributed by atoms with van der Waals surface area (Å²) in [5.74, 6) is -6.93. The molecule has 1 rings (SSSR count). The van der Waals surface area contributed by atoms with Gasteiger partial charge in [0.2, 0.25) is 41.4 Å². The molecule has 6 atom stereocenters. The number of hydrogen-bond acceptors (Lipinski definition) is 11. The lowest BCUT2D eigenvalue weighted by Gasteiger charge is -2.30. The summed E-state index contributed by atoms with van der Waals surface area (Å²) in [6.45, 7) is 8.75. The molecule has 19 heteroatoms. The van der Waals surface area contributed by atoms with Crippen LogP contribution < -0.4 is 43.8 Å². The van der Waals surface area contributed by atoms with Crippen molar-refractivity contribution in [3.63, 3.8) is 0 Å². The van der Waals surface area contributed by atoms with Gasteiger partial charge in [-0.25, -0.2) is 0 Å². The van der Waals surface area contributed by atoms with Gasteiger partial charge in [0.05, 0.1) is 19.0 Å². The van der Waals surface area contributed by atoms with E-state index in [0.29, 0.717) is 37.8 Å². The normalized spacial score (nSPS) is 14.2. The lowest BCUT2D eigenvalue weighted by Crippen LogP contribution is -2.59. The Morgan fingerprint density at radius 1 is 0.759 bits per heavy atom. The van der Waals surface area contributed by atoms with Gasteiger partial charge in [0, 0.05) is 13.5 Å².